The summed E-state index contributed by atoms with van der Waals surface area (Å²) < 4.78 is 33.1. The van der Waals surface area contributed by atoms with Crippen molar-refractivity contribution in [1.29, 1.82) is 0 Å². The van der Waals surface area contributed by atoms with E-state index < -0.39 is 10.0 Å². The van der Waals surface area contributed by atoms with Gasteiger partial charge in [0.15, 0.2) is 0 Å². The van der Waals surface area contributed by atoms with Gasteiger partial charge in [-0.3, -0.25) is 4.79 Å². The number of hydrogen-bond donors (Lipinski definition) is 0. The summed E-state index contributed by atoms with van der Waals surface area (Å²) in [6, 6.07) is 12.4. The van der Waals surface area contributed by atoms with Crippen LogP contribution in [0, 0.1) is 5.92 Å². The van der Waals surface area contributed by atoms with Crippen molar-refractivity contribution in [3.63, 3.8) is 0 Å². The predicted octanol–water partition coefficient (Wildman–Crippen LogP) is 5.04. The SMILES string of the molecule is CCOc1ccc(N(C(=O)C2CCCCC2)S(=O)(=O)c2ccc(Cl)cc2)cc1. The number of amides is 1. The Kier molecular flexibility index (Phi) is 6.62. The fourth-order valence-electron chi connectivity index (χ4n) is 3.46. The fourth-order valence-corrected chi connectivity index (χ4v) is 5.06. The van der Waals surface area contributed by atoms with E-state index in [4.69, 9.17) is 16.3 Å². The molecule has 1 amide bonds. The summed E-state index contributed by atoms with van der Waals surface area (Å²) in [5, 5.41) is 0.435. The van der Waals surface area contributed by atoms with Gasteiger partial charge in [-0.05, 0) is 68.3 Å². The van der Waals surface area contributed by atoms with Gasteiger partial charge in [-0.25, -0.2) is 12.7 Å². The van der Waals surface area contributed by atoms with Gasteiger partial charge < -0.3 is 4.74 Å². The number of benzene rings is 2. The van der Waals surface area contributed by atoms with Crippen LogP contribution >= 0.6 is 11.6 Å². The van der Waals surface area contributed by atoms with Gasteiger partial charge in [0.25, 0.3) is 10.0 Å². The standard InChI is InChI=1S/C21H24ClNO4S/c1-2-27-19-12-10-18(11-13-19)23(21(24)16-6-4-3-5-7-16)28(25,26)20-14-8-17(22)9-15-20/h8-16H,2-7H2,1H3. The molecule has 1 fully saturated rings. The molecule has 3 rings (SSSR count). The molecule has 0 aromatic heterocycles. The molecule has 0 atom stereocenters. The Morgan fingerprint density at radius 1 is 1.04 bits per heavy atom. The van der Waals surface area contributed by atoms with E-state index in [-0.39, 0.29) is 16.7 Å². The first kappa shape index (κ1) is 20.7. The third kappa shape index (κ3) is 4.50. The monoisotopic (exact) mass is 421 g/mol. The lowest BCUT2D eigenvalue weighted by Gasteiger charge is -2.29. The van der Waals surface area contributed by atoms with Crippen LogP contribution in [-0.2, 0) is 14.8 Å². The van der Waals surface area contributed by atoms with Gasteiger partial charge >= 0.3 is 0 Å². The molecule has 7 heteroatoms. The smallest absolute Gasteiger partial charge is 0.270 e. The molecule has 0 aliphatic heterocycles. The van der Waals surface area contributed by atoms with E-state index in [9.17, 15) is 13.2 Å². The van der Waals surface area contributed by atoms with Crippen molar-refractivity contribution in [3.05, 3.63) is 53.6 Å². The van der Waals surface area contributed by atoms with E-state index in [1.165, 1.54) is 24.3 Å². The number of sulfonamides is 1. The average molecular weight is 422 g/mol. The third-order valence-corrected chi connectivity index (χ3v) is 6.88. The minimum Gasteiger partial charge on any atom is -0.494 e. The van der Waals surface area contributed by atoms with E-state index in [0.717, 1.165) is 23.6 Å². The van der Waals surface area contributed by atoms with Crippen molar-refractivity contribution in [2.75, 3.05) is 10.9 Å². The lowest BCUT2D eigenvalue weighted by molar-refractivity contribution is -0.122. The Balaban J connectivity index is 2.02. The minimum absolute atomic E-state index is 0.0370. The zero-order chi connectivity index (χ0) is 20.1. The third-order valence-electron chi connectivity index (χ3n) is 4.89. The molecule has 0 bridgehead atoms. The molecule has 1 aliphatic carbocycles. The topological polar surface area (TPSA) is 63.7 Å². The molecular weight excluding hydrogens is 398 g/mol. The van der Waals surface area contributed by atoms with Crippen molar-refractivity contribution >= 4 is 33.2 Å². The van der Waals surface area contributed by atoms with E-state index in [2.05, 4.69) is 0 Å². The summed E-state index contributed by atoms with van der Waals surface area (Å²) >= 11 is 5.90. The van der Waals surface area contributed by atoms with Crippen molar-refractivity contribution in [2.45, 2.75) is 43.9 Å². The maximum Gasteiger partial charge on any atom is 0.270 e. The molecule has 150 valence electrons. The fraction of sp³-hybridized carbons (Fsp3) is 0.381. The van der Waals surface area contributed by atoms with Crippen LogP contribution < -0.4 is 9.04 Å². The number of ether oxygens (including phenoxy) is 1. The molecule has 0 unspecified atom stereocenters. The highest BCUT2D eigenvalue weighted by Crippen LogP contribution is 2.32. The molecule has 2 aromatic rings. The normalized spacial score (nSPS) is 15.2. The molecule has 1 aliphatic rings. The van der Waals surface area contributed by atoms with Crippen molar-refractivity contribution in [2.24, 2.45) is 5.92 Å². The molecule has 0 spiro atoms. The molecular formula is C21H24ClNO4S. The number of nitrogens with zero attached hydrogens (tertiary/aromatic N) is 1. The zero-order valence-electron chi connectivity index (χ0n) is 15.8. The lowest BCUT2D eigenvalue weighted by atomic mass is 9.88. The zero-order valence-corrected chi connectivity index (χ0v) is 17.4. The van der Waals surface area contributed by atoms with Gasteiger partial charge in [-0.15, -0.1) is 0 Å². The molecule has 28 heavy (non-hydrogen) atoms. The van der Waals surface area contributed by atoms with Crippen LogP contribution in [0.1, 0.15) is 39.0 Å². The van der Waals surface area contributed by atoms with Crippen molar-refractivity contribution in [1.82, 2.24) is 0 Å². The largest absolute Gasteiger partial charge is 0.494 e. The van der Waals surface area contributed by atoms with Crippen LogP contribution in [0.5, 0.6) is 5.75 Å². The summed E-state index contributed by atoms with van der Waals surface area (Å²) in [7, 11) is -4.06. The molecule has 0 heterocycles. The van der Waals surface area contributed by atoms with Gasteiger partial charge in [0, 0.05) is 10.9 Å². The molecule has 0 saturated heterocycles. The second-order valence-electron chi connectivity index (χ2n) is 6.82. The van der Waals surface area contributed by atoms with Crippen LogP contribution in [-0.4, -0.2) is 20.9 Å². The summed E-state index contributed by atoms with van der Waals surface area (Å²) in [6.45, 7) is 2.38. The van der Waals surface area contributed by atoms with Gasteiger partial charge in [-0.2, -0.15) is 0 Å². The lowest BCUT2D eigenvalue weighted by Crippen LogP contribution is -2.41. The van der Waals surface area contributed by atoms with Crippen LogP contribution in [0.25, 0.3) is 0 Å². The van der Waals surface area contributed by atoms with Gasteiger partial charge in [0.05, 0.1) is 17.2 Å². The highest BCUT2D eigenvalue weighted by molar-refractivity contribution is 7.93. The average Bonchev–Trinajstić information content (AvgIpc) is 2.70. The van der Waals surface area contributed by atoms with Gasteiger partial charge in [-0.1, -0.05) is 30.9 Å². The van der Waals surface area contributed by atoms with E-state index >= 15 is 0 Å². The van der Waals surface area contributed by atoms with Crippen molar-refractivity contribution < 1.29 is 17.9 Å². The Bertz CT molecular complexity index is 904. The van der Waals surface area contributed by atoms with Crippen LogP contribution in [0.2, 0.25) is 5.02 Å². The van der Waals surface area contributed by atoms with E-state index in [1.54, 1.807) is 24.3 Å². The van der Waals surface area contributed by atoms with Gasteiger partial charge in [0.1, 0.15) is 5.75 Å². The first-order valence-corrected chi connectivity index (χ1v) is 11.3. The minimum atomic E-state index is -4.06. The Morgan fingerprint density at radius 2 is 1.64 bits per heavy atom. The van der Waals surface area contributed by atoms with Gasteiger partial charge in [0.2, 0.25) is 5.91 Å². The molecule has 0 N–H and O–H groups in total. The molecule has 5 nitrogen and oxygen atoms in total. The Morgan fingerprint density at radius 3 is 2.21 bits per heavy atom. The highest BCUT2D eigenvalue weighted by Gasteiger charge is 2.35. The molecule has 1 saturated carbocycles. The summed E-state index contributed by atoms with van der Waals surface area (Å²) in [6.07, 6.45) is 4.38. The number of rotatable bonds is 6. The maximum absolute atomic E-state index is 13.4. The highest BCUT2D eigenvalue weighted by atomic mass is 35.5. The molecule has 2 aromatic carbocycles. The summed E-state index contributed by atoms with van der Waals surface area (Å²) in [5.74, 6) is -0.0404. The Hall–Kier alpha value is -2.05. The van der Waals surface area contributed by atoms with Crippen LogP contribution in [0.15, 0.2) is 53.4 Å². The quantitative estimate of drug-likeness (QED) is 0.655. The second kappa shape index (κ2) is 8.97. The number of carbonyl (C=O) groups is 1. The second-order valence-corrected chi connectivity index (χ2v) is 9.05. The van der Waals surface area contributed by atoms with Crippen molar-refractivity contribution in [3.8, 4) is 5.75 Å². The predicted molar refractivity (Wildman–Crippen MR) is 110 cm³/mol. The Labute approximate surface area is 171 Å². The first-order chi connectivity index (χ1) is 13.4. The number of anilines is 1. The number of carbonyl (C=O) groups excluding carboxylic acids is 1. The number of hydrogen-bond acceptors (Lipinski definition) is 4. The summed E-state index contributed by atoms with van der Waals surface area (Å²) in [5.41, 5.74) is 0.314. The van der Waals surface area contributed by atoms with E-state index in [0.29, 0.717) is 35.9 Å². The van der Waals surface area contributed by atoms with Crippen LogP contribution in [0.4, 0.5) is 5.69 Å². The maximum atomic E-state index is 13.4. The van der Waals surface area contributed by atoms with Crippen LogP contribution in [0.3, 0.4) is 0 Å². The molecule has 0 radical (unpaired) electrons. The van der Waals surface area contributed by atoms with E-state index in [1.807, 2.05) is 6.92 Å². The first-order valence-electron chi connectivity index (χ1n) is 9.51. The summed E-state index contributed by atoms with van der Waals surface area (Å²) in [4.78, 5) is 13.3. The number of halogens is 1.